The van der Waals surface area contributed by atoms with E-state index < -0.39 is 30.2 Å². The number of esters is 1. The van der Waals surface area contributed by atoms with Crippen molar-refractivity contribution in [3.8, 4) is 0 Å². The molecule has 0 aliphatic carbocycles. The van der Waals surface area contributed by atoms with Gasteiger partial charge in [0.25, 0.3) is 0 Å². The Morgan fingerprint density at radius 3 is 2.59 bits per heavy atom. The molecule has 0 unspecified atom stereocenters. The number of ether oxygens (including phenoxy) is 2. The molecule has 120 valence electrons. The molecule has 7 heteroatoms. The first-order chi connectivity index (χ1) is 10.7. The Morgan fingerprint density at radius 2 is 2.05 bits per heavy atom. The Bertz CT molecular complexity index is 601. The van der Waals surface area contributed by atoms with E-state index in [9.17, 15) is 14.4 Å². The van der Waals surface area contributed by atoms with Crippen molar-refractivity contribution in [2.75, 3.05) is 18.6 Å². The monoisotopic (exact) mass is 310 g/mol. The maximum absolute atomic E-state index is 12.2. The second kappa shape index (κ2) is 6.93. The first-order valence-corrected chi connectivity index (χ1v) is 6.40. The minimum atomic E-state index is -1.24. The number of amides is 1. The summed E-state index contributed by atoms with van der Waals surface area (Å²) in [4.78, 5) is 35.7. The van der Waals surface area contributed by atoms with Gasteiger partial charge in [0.05, 0.1) is 12.7 Å². The highest BCUT2D eigenvalue weighted by Crippen LogP contribution is 2.20. The minimum absolute atomic E-state index is 0.174. The molecule has 0 bridgehead atoms. The van der Waals surface area contributed by atoms with Crippen molar-refractivity contribution >= 4 is 23.7 Å². The Morgan fingerprint density at radius 1 is 1.36 bits per heavy atom. The standard InChI is InChI=1S/C15H19NO6/c1-15(2,3)22-14(20)16(9-12(17)18)11-7-5-6-10(8-11)13(19)21-4/h5-8H,9H2,1-4H3,(H,17,18)/i1D. The molecule has 0 saturated heterocycles. The van der Waals surface area contributed by atoms with Crippen LogP contribution in [-0.2, 0) is 14.3 Å². The van der Waals surface area contributed by atoms with Crippen molar-refractivity contribution in [2.24, 2.45) is 0 Å². The third kappa shape index (κ3) is 5.08. The van der Waals surface area contributed by atoms with Gasteiger partial charge in [-0.2, -0.15) is 0 Å². The van der Waals surface area contributed by atoms with Crippen LogP contribution in [0.25, 0.3) is 0 Å². The highest BCUT2D eigenvalue weighted by molar-refractivity contribution is 5.96. The van der Waals surface area contributed by atoms with E-state index >= 15 is 0 Å². The van der Waals surface area contributed by atoms with Gasteiger partial charge in [0, 0.05) is 7.06 Å². The zero-order valence-corrected chi connectivity index (χ0v) is 12.7. The number of benzene rings is 1. The Labute approximate surface area is 129 Å². The summed E-state index contributed by atoms with van der Waals surface area (Å²) >= 11 is 0. The molecule has 22 heavy (non-hydrogen) atoms. The fourth-order valence-corrected chi connectivity index (χ4v) is 1.61. The molecule has 0 aromatic heterocycles. The summed E-state index contributed by atoms with van der Waals surface area (Å²) in [6.45, 7) is 2.27. The maximum atomic E-state index is 12.2. The molecule has 0 aliphatic rings. The normalized spacial score (nSPS) is 11.3. The number of carbonyl (C=O) groups is 3. The second-order valence-electron chi connectivity index (χ2n) is 5.15. The third-order valence-corrected chi connectivity index (χ3v) is 2.46. The number of carboxylic acid groups (broad SMARTS) is 1. The van der Waals surface area contributed by atoms with Gasteiger partial charge in [-0.25, -0.2) is 9.59 Å². The first kappa shape index (κ1) is 15.8. The molecule has 0 radical (unpaired) electrons. The Balaban J connectivity index is 3.14. The molecule has 1 N–H and O–H groups in total. The predicted molar refractivity (Wildman–Crippen MR) is 79.0 cm³/mol. The zero-order valence-electron chi connectivity index (χ0n) is 13.7. The highest BCUT2D eigenvalue weighted by Gasteiger charge is 2.25. The van der Waals surface area contributed by atoms with E-state index in [1.807, 2.05) is 0 Å². The molecule has 0 heterocycles. The average Bonchev–Trinajstić information content (AvgIpc) is 2.51. The molecule has 0 saturated carbocycles. The van der Waals surface area contributed by atoms with Gasteiger partial charge in [-0.1, -0.05) is 6.07 Å². The lowest BCUT2D eigenvalue weighted by molar-refractivity contribution is -0.135. The van der Waals surface area contributed by atoms with Gasteiger partial charge >= 0.3 is 18.0 Å². The van der Waals surface area contributed by atoms with E-state index in [1.54, 1.807) is 13.8 Å². The fraction of sp³-hybridized carbons (Fsp3) is 0.400. The lowest BCUT2D eigenvalue weighted by Gasteiger charge is -2.26. The smallest absolute Gasteiger partial charge is 0.415 e. The van der Waals surface area contributed by atoms with Crippen LogP contribution in [-0.4, -0.2) is 42.4 Å². The van der Waals surface area contributed by atoms with Gasteiger partial charge in [-0.15, -0.1) is 0 Å². The van der Waals surface area contributed by atoms with Gasteiger partial charge in [-0.3, -0.25) is 9.69 Å². The molecular formula is C15H19NO6. The van der Waals surface area contributed by atoms with Crippen molar-refractivity contribution in [2.45, 2.75) is 26.3 Å². The third-order valence-electron chi connectivity index (χ3n) is 2.46. The van der Waals surface area contributed by atoms with Crippen molar-refractivity contribution in [1.82, 2.24) is 0 Å². The largest absolute Gasteiger partial charge is 0.480 e. The number of hydrogen-bond acceptors (Lipinski definition) is 5. The van der Waals surface area contributed by atoms with Crippen LogP contribution in [0, 0.1) is 0 Å². The van der Waals surface area contributed by atoms with Crippen LogP contribution in [0.1, 0.15) is 32.5 Å². The fourth-order valence-electron chi connectivity index (χ4n) is 1.61. The summed E-state index contributed by atoms with van der Waals surface area (Å²) in [6, 6.07) is 5.79. The molecule has 0 spiro atoms. The van der Waals surface area contributed by atoms with Gasteiger partial charge in [0.1, 0.15) is 12.1 Å². The van der Waals surface area contributed by atoms with E-state index in [-0.39, 0.29) is 18.2 Å². The lowest BCUT2D eigenvalue weighted by atomic mass is 10.2. The topological polar surface area (TPSA) is 93.1 Å². The average molecular weight is 310 g/mol. The van der Waals surface area contributed by atoms with Crippen molar-refractivity contribution < 1.29 is 30.3 Å². The molecule has 1 aromatic carbocycles. The van der Waals surface area contributed by atoms with Gasteiger partial charge < -0.3 is 14.6 Å². The number of hydrogen-bond donors (Lipinski definition) is 1. The maximum Gasteiger partial charge on any atom is 0.415 e. The van der Waals surface area contributed by atoms with Crippen molar-refractivity contribution in [1.29, 1.82) is 0 Å². The number of aliphatic carboxylic acids is 1. The van der Waals surface area contributed by atoms with Crippen LogP contribution in [0.5, 0.6) is 0 Å². The van der Waals surface area contributed by atoms with Crippen LogP contribution in [0.3, 0.4) is 0 Å². The van der Waals surface area contributed by atoms with Crippen molar-refractivity contribution in [3.05, 3.63) is 29.8 Å². The molecule has 0 atom stereocenters. The molecule has 1 amide bonds. The van der Waals surface area contributed by atoms with Crippen LogP contribution in [0.2, 0.25) is 0 Å². The van der Waals surface area contributed by atoms with Gasteiger partial charge in [0.2, 0.25) is 0 Å². The highest BCUT2D eigenvalue weighted by atomic mass is 16.6. The van der Waals surface area contributed by atoms with Crippen LogP contribution < -0.4 is 4.90 Å². The van der Waals surface area contributed by atoms with E-state index in [4.69, 9.17) is 11.2 Å². The second-order valence-corrected chi connectivity index (χ2v) is 5.15. The summed E-state index contributed by atoms with van der Waals surface area (Å²) in [7, 11) is 1.22. The predicted octanol–water partition coefficient (Wildman–Crippen LogP) is 2.30. The summed E-state index contributed by atoms with van der Waals surface area (Å²) in [6.07, 6.45) is -0.910. The first-order valence-electron chi connectivity index (χ1n) is 7.11. The Hall–Kier alpha value is -2.57. The minimum Gasteiger partial charge on any atom is -0.480 e. The zero-order chi connectivity index (χ0) is 17.6. The van der Waals surface area contributed by atoms with Crippen LogP contribution in [0.15, 0.2) is 24.3 Å². The van der Waals surface area contributed by atoms with Gasteiger partial charge in [-0.05, 0) is 38.9 Å². The Kier molecular flexibility index (Phi) is 4.98. The molecule has 7 nitrogen and oxygen atoms in total. The van der Waals surface area contributed by atoms with Crippen LogP contribution in [0.4, 0.5) is 10.5 Å². The molecule has 0 aliphatic heterocycles. The number of anilines is 1. The quantitative estimate of drug-likeness (QED) is 0.858. The lowest BCUT2D eigenvalue weighted by Crippen LogP contribution is -2.40. The summed E-state index contributed by atoms with van der Waals surface area (Å²) < 4.78 is 17.1. The van der Waals surface area contributed by atoms with E-state index in [2.05, 4.69) is 4.74 Å². The number of carboxylic acids is 1. The van der Waals surface area contributed by atoms with Gasteiger partial charge in [0.15, 0.2) is 0 Å². The molecule has 1 rings (SSSR count). The number of methoxy groups -OCH3 is 1. The molecule has 1 aromatic rings. The summed E-state index contributed by atoms with van der Waals surface area (Å²) in [5.74, 6) is -1.85. The van der Waals surface area contributed by atoms with E-state index in [0.717, 1.165) is 4.90 Å². The van der Waals surface area contributed by atoms with Crippen molar-refractivity contribution in [3.63, 3.8) is 0 Å². The molecule has 0 fully saturated rings. The summed E-state index contributed by atoms with van der Waals surface area (Å²) in [5, 5.41) is 9.00. The number of carbonyl (C=O) groups excluding carboxylic acids is 2. The van der Waals surface area contributed by atoms with E-state index in [1.165, 1.54) is 31.4 Å². The number of nitrogens with zero attached hydrogens (tertiary/aromatic N) is 1. The van der Waals surface area contributed by atoms with Crippen LogP contribution >= 0.6 is 0 Å². The SMILES string of the molecule is [2H]CC(C)(C)OC(=O)N(CC(=O)O)c1cccc(C(=O)OC)c1. The number of rotatable bonds is 4. The molecular weight excluding hydrogens is 290 g/mol. The van der Waals surface area contributed by atoms with E-state index in [0.29, 0.717) is 0 Å². The summed E-state index contributed by atoms with van der Waals surface area (Å²) in [5.41, 5.74) is -0.706.